The first-order chi connectivity index (χ1) is 8.61. The van der Waals surface area contributed by atoms with E-state index in [4.69, 9.17) is 4.74 Å². The van der Waals surface area contributed by atoms with Crippen LogP contribution in [0.2, 0.25) is 0 Å². The molecule has 1 N–H and O–H groups in total. The monoisotopic (exact) mass is 261 g/mol. The minimum absolute atomic E-state index is 0.292. The molecule has 0 spiro atoms. The lowest BCUT2D eigenvalue weighted by Gasteiger charge is -2.18. The second-order valence-electron chi connectivity index (χ2n) is 4.54. The Morgan fingerprint density at radius 2 is 2.00 bits per heavy atom. The number of hydrogen-bond donors (Lipinski definition) is 1. The van der Waals surface area contributed by atoms with E-state index in [0.29, 0.717) is 6.04 Å². The van der Waals surface area contributed by atoms with Crippen molar-refractivity contribution in [2.45, 2.75) is 26.8 Å². The van der Waals surface area contributed by atoms with Gasteiger partial charge in [-0.15, -0.1) is 11.3 Å². The Morgan fingerprint density at radius 3 is 2.61 bits per heavy atom. The number of methoxy groups -OCH3 is 1. The summed E-state index contributed by atoms with van der Waals surface area (Å²) in [5, 5.41) is 5.67. The molecule has 0 aliphatic rings. The normalized spacial score (nSPS) is 12.2. The quantitative estimate of drug-likeness (QED) is 0.872. The summed E-state index contributed by atoms with van der Waals surface area (Å²) in [7, 11) is 1.71. The Hall–Kier alpha value is -1.48. The van der Waals surface area contributed by atoms with Gasteiger partial charge in [0.2, 0.25) is 0 Å². The molecule has 0 fully saturated rings. The molecular formula is C15H19NOS. The molecule has 1 atom stereocenters. The van der Waals surface area contributed by atoms with Gasteiger partial charge in [-0.2, -0.15) is 0 Å². The van der Waals surface area contributed by atoms with E-state index in [0.717, 1.165) is 11.4 Å². The van der Waals surface area contributed by atoms with E-state index in [9.17, 15) is 0 Å². The molecule has 0 saturated heterocycles. The molecule has 0 aliphatic carbocycles. The fourth-order valence-electron chi connectivity index (χ4n) is 2.06. The first kappa shape index (κ1) is 13.0. The highest BCUT2D eigenvalue weighted by atomic mass is 32.1. The number of ether oxygens (including phenoxy) is 1. The molecule has 96 valence electrons. The van der Waals surface area contributed by atoms with Crippen molar-refractivity contribution in [1.82, 2.24) is 0 Å². The van der Waals surface area contributed by atoms with Gasteiger partial charge in [0.1, 0.15) is 5.75 Å². The molecule has 18 heavy (non-hydrogen) atoms. The Balaban J connectivity index is 2.23. The van der Waals surface area contributed by atoms with Crippen molar-refractivity contribution in [2.75, 3.05) is 12.4 Å². The van der Waals surface area contributed by atoms with Crippen LogP contribution in [0.25, 0.3) is 0 Å². The number of hydrogen-bond acceptors (Lipinski definition) is 3. The number of anilines is 1. The predicted octanol–water partition coefficient (Wildman–Crippen LogP) is 4.55. The highest BCUT2D eigenvalue weighted by molar-refractivity contribution is 7.10. The maximum atomic E-state index is 5.39. The third-order valence-electron chi connectivity index (χ3n) is 3.02. The van der Waals surface area contributed by atoms with Crippen molar-refractivity contribution < 1.29 is 4.74 Å². The van der Waals surface area contributed by atoms with Gasteiger partial charge in [0, 0.05) is 4.88 Å². The summed E-state index contributed by atoms with van der Waals surface area (Å²) in [4.78, 5) is 1.37. The molecule has 0 aliphatic heterocycles. The number of aryl methyl sites for hydroxylation is 2. The molecule has 1 heterocycles. The summed E-state index contributed by atoms with van der Waals surface area (Å²) in [6.45, 7) is 6.42. The standard InChI is InChI=1S/C15H19NOS/c1-10-5-6-14(17-4)13(9-10)16-12(3)15-11(2)7-8-18-15/h5-9,12,16H,1-4H3. The van der Waals surface area contributed by atoms with Crippen molar-refractivity contribution in [2.24, 2.45) is 0 Å². The third-order valence-corrected chi connectivity index (χ3v) is 4.22. The van der Waals surface area contributed by atoms with Crippen LogP contribution in [0.5, 0.6) is 5.75 Å². The Morgan fingerprint density at radius 1 is 1.22 bits per heavy atom. The van der Waals surface area contributed by atoms with E-state index in [-0.39, 0.29) is 0 Å². The maximum absolute atomic E-state index is 5.39. The van der Waals surface area contributed by atoms with E-state index in [1.54, 1.807) is 18.4 Å². The summed E-state index contributed by atoms with van der Waals surface area (Å²) in [6, 6.07) is 8.64. The lowest BCUT2D eigenvalue weighted by atomic mass is 10.1. The molecule has 0 saturated carbocycles. The van der Waals surface area contributed by atoms with Crippen LogP contribution in [0.15, 0.2) is 29.6 Å². The summed E-state index contributed by atoms with van der Waals surface area (Å²) < 4.78 is 5.39. The van der Waals surface area contributed by atoms with Gasteiger partial charge in [-0.1, -0.05) is 6.07 Å². The molecule has 2 rings (SSSR count). The Kier molecular flexibility index (Phi) is 3.92. The molecule has 1 aromatic carbocycles. The first-order valence-electron chi connectivity index (χ1n) is 6.07. The highest BCUT2D eigenvalue weighted by Crippen LogP contribution is 2.31. The smallest absolute Gasteiger partial charge is 0.141 e. The molecule has 1 unspecified atom stereocenters. The average Bonchev–Trinajstić information content (AvgIpc) is 2.76. The number of rotatable bonds is 4. The summed E-state index contributed by atoms with van der Waals surface area (Å²) in [5.74, 6) is 0.890. The molecule has 2 aromatic rings. The van der Waals surface area contributed by atoms with Crippen LogP contribution >= 0.6 is 11.3 Å². The second-order valence-corrected chi connectivity index (χ2v) is 5.49. The SMILES string of the molecule is COc1ccc(C)cc1NC(C)c1sccc1C. The fraction of sp³-hybridized carbons (Fsp3) is 0.333. The van der Waals surface area contributed by atoms with Crippen LogP contribution in [0.1, 0.15) is 29.0 Å². The van der Waals surface area contributed by atoms with Gasteiger partial charge in [-0.25, -0.2) is 0 Å². The predicted molar refractivity (Wildman–Crippen MR) is 78.8 cm³/mol. The molecule has 1 aromatic heterocycles. The van der Waals surface area contributed by atoms with Gasteiger partial charge >= 0.3 is 0 Å². The van der Waals surface area contributed by atoms with Crippen LogP contribution in [0.4, 0.5) is 5.69 Å². The Bertz CT molecular complexity index is 533. The topological polar surface area (TPSA) is 21.3 Å². The molecular weight excluding hydrogens is 242 g/mol. The van der Waals surface area contributed by atoms with E-state index in [1.807, 2.05) is 6.07 Å². The number of benzene rings is 1. The zero-order valence-corrected chi connectivity index (χ0v) is 12.1. The third kappa shape index (κ3) is 2.67. The largest absolute Gasteiger partial charge is 0.495 e. The summed E-state index contributed by atoms with van der Waals surface area (Å²) in [5.41, 5.74) is 3.62. The minimum Gasteiger partial charge on any atom is -0.495 e. The van der Waals surface area contributed by atoms with Crippen LogP contribution < -0.4 is 10.1 Å². The van der Waals surface area contributed by atoms with E-state index >= 15 is 0 Å². The van der Waals surface area contributed by atoms with Crippen molar-refractivity contribution in [3.8, 4) is 5.75 Å². The van der Waals surface area contributed by atoms with Crippen molar-refractivity contribution in [3.63, 3.8) is 0 Å². The van der Waals surface area contributed by atoms with E-state index < -0.39 is 0 Å². The molecule has 0 amide bonds. The van der Waals surface area contributed by atoms with Crippen LogP contribution in [-0.4, -0.2) is 7.11 Å². The second kappa shape index (κ2) is 5.44. The van der Waals surface area contributed by atoms with E-state index in [1.165, 1.54) is 16.0 Å². The van der Waals surface area contributed by atoms with Crippen molar-refractivity contribution in [1.29, 1.82) is 0 Å². The van der Waals surface area contributed by atoms with Gasteiger partial charge in [0.05, 0.1) is 18.8 Å². The zero-order valence-electron chi connectivity index (χ0n) is 11.3. The molecule has 0 bridgehead atoms. The average molecular weight is 261 g/mol. The van der Waals surface area contributed by atoms with Crippen molar-refractivity contribution in [3.05, 3.63) is 45.6 Å². The maximum Gasteiger partial charge on any atom is 0.141 e. The zero-order chi connectivity index (χ0) is 13.1. The van der Waals surface area contributed by atoms with Crippen LogP contribution in [-0.2, 0) is 0 Å². The molecule has 2 nitrogen and oxygen atoms in total. The lowest BCUT2D eigenvalue weighted by Crippen LogP contribution is -2.07. The molecule has 0 radical (unpaired) electrons. The van der Waals surface area contributed by atoms with Gasteiger partial charge in [0.25, 0.3) is 0 Å². The van der Waals surface area contributed by atoms with Gasteiger partial charge in [-0.05, 0) is 55.5 Å². The van der Waals surface area contributed by atoms with E-state index in [2.05, 4.69) is 49.7 Å². The first-order valence-corrected chi connectivity index (χ1v) is 6.95. The molecule has 3 heteroatoms. The van der Waals surface area contributed by atoms with Gasteiger partial charge < -0.3 is 10.1 Å². The Labute approximate surface area is 113 Å². The minimum atomic E-state index is 0.292. The number of nitrogens with one attached hydrogen (secondary N) is 1. The van der Waals surface area contributed by atoms with Crippen LogP contribution in [0, 0.1) is 13.8 Å². The van der Waals surface area contributed by atoms with Crippen molar-refractivity contribution >= 4 is 17.0 Å². The van der Waals surface area contributed by atoms with Gasteiger partial charge in [-0.3, -0.25) is 0 Å². The van der Waals surface area contributed by atoms with Gasteiger partial charge in [0.15, 0.2) is 0 Å². The summed E-state index contributed by atoms with van der Waals surface area (Å²) >= 11 is 1.79. The number of thiophene rings is 1. The lowest BCUT2D eigenvalue weighted by molar-refractivity contribution is 0.416. The summed E-state index contributed by atoms with van der Waals surface area (Å²) in [6.07, 6.45) is 0. The highest BCUT2D eigenvalue weighted by Gasteiger charge is 2.12. The van der Waals surface area contributed by atoms with Crippen LogP contribution in [0.3, 0.4) is 0 Å². The fourth-order valence-corrected chi connectivity index (χ4v) is 3.00.